The van der Waals surface area contributed by atoms with Crippen LogP contribution >= 0.6 is 0 Å². The lowest BCUT2D eigenvalue weighted by Crippen LogP contribution is -2.63. The van der Waals surface area contributed by atoms with Crippen LogP contribution < -0.4 is 4.74 Å². The molecule has 5 rings (SSSR count). The molecular weight excluding hydrogens is 394 g/mol. The van der Waals surface area contributed by atoms with E-state index in [1.54, 1.807) is 16.9 Å². The Kier molecular flexibility index (Phi) is 4.90. The van der Waals surface area contributed by atoms with Crippen LogP contribution in [0.5, 0.6) is 5.75 Å². The summed E-state index contributed by atoms with van der Waals surface area (Å²) >= 11 is 0. The zero-order chi connectivity index (χ0) is 21.5. The minimum Gasteiger partial charge on any atom is -0.496 e. The van der Waals surface area contributed by atoms with Crippen LogP contribution in [0, 0.1) is 0 Å². The van der Waals surface area contributed by atoms with E-state index < -0.39 is 12.1 Å². The second-order valence-electron chi connectivity index (χ2n) is 8.07. The number of aromatic amines is 1. The van der Waals surface area contributed by atoms with E-state index in [1.165, 1.54) is 0 Å². The van der Waals surface area contributed by atoms with Gasteiger partial charge in [0.05, 0.1) is 13.7 Å². The lowest BCUT2D eigenvalue weighted by Gasteiger charge is -2.47. The van der Waals surface area contributed by atoms with Crippen molar-refractivity contribution in [2.24, 2.45) is 0 Å². The molecule has 0 radical (unpaired) electrons. The largest absolute Gasteiger partial charge is 0.496 e. The number of H-pyrrole nitrogens is 1. The zero-order valence-corrected chi connectivity index (χ0v) is 17.4. The number of nitrogens with zero attached hydrogens (tertiary/aromatic N) is 2. The molecule has 2 aliphatic heterocycles. The Balaban J connectivity index is 1.69. The number of carbonyl (C=O) groups is 2. The fourth-order valence-corrected chi connectivity index (χ4v) is 4.99. The van der Waals surface area contributed by atoms with Crippen LogP contribution in [0.3, 0.4) is 0 Å². The van der Waals surface area contributed by atoms with Gasteiger partial charge in [-0.2, -0.15) is 0 Å². The predicted molar refractivity (Wildman–Crippen MR) is 116 cm³/mol. The summed E-state index contributed by atoms with van der Waals surface area (Å²) < 4.78 is 5.63. The van der Waals surface area contributed by atoms with Crippen LogP contribution in [0.2, 0.25) is 0 Å². The average molecular weight is 419 g/mol. The van der Waals surface area contributed by atoms with Gasteiger partial charge < -0.3 is 24.6 Å². The van der Waals surface area contributed by atoms with Gasteiger partial charge in [0.15, 0.2) is 0 Å². The van der Waals surface area contributed by atoms with E-state index in [9.17, 15) is 14.7 Å². The summed E-state index contributed by atoms with van der Waals surface area (Å²) in [6.07, 6.45) is 0.922. The van der Waals surface area contributed by atoms with E-state index in [4.69, 9.17) is 4.74 Å². The van der Waals surface area contributed by atoms with Gasteiger partial charge in [-0.3, -0.25) is 9.59 Å². The minimum atomic E-state index is -0.582. The molecule has 31 heavy (non-hydrogen) atoms. The molecule has 1 fully saturated rings. The van der Waals surface area contributed by atoms with Crippen molar-refractivity contribution >= 4 is 22.7 Å². The number of nitrogens with one attached hydrogen (secondary N) is 1. The molecular formula is C24H25N3O4. The van der Waals surface area contributed by atoms with Crippen molar-refractivity contribution < 1.29 is 19.4 Å². The van der Waals surface area contributed by atoms with Gasteiger partial charge in [-0.05, 0) is 24.1 Å². The van der Waals surface area contributed by atoms with Crippen molar-refractivity contribution in [1.29, 1.82) is 0 Å². The molecule has 0 saturated carbocycles. The highest BCUT2D eigenvalue weighted by Gasteiger charge is 2.48. The Bertz CT molecular complexity index is 1150. The molecule has 0 spiro atoms. The van der Waals surface area contributed by atoms with Crippen molar-refractivity contribution in [3.8, 4) is 5.75 Å². The minimum absolute atomic E-state index is 0.0111. The number of methoxy groups -OCH3 is 1. The van der Waals surface area contributed by atoms with Crippen molar-refractivity contribution in [1.82, 2.24) is 14.8 Å². The molecule has 0 bridgehead atoms. The number of para-hydroxylation sites is 2. The summed E-state index contributed by atoms with van der Waals surface area (Å²) in [5.41, 5.74) is 3.85. The highest BCUT2D eigenvalue weighted by molar-refractivity contribution is 5.97. The summed E-state index contributed by atoms with van der Waals surface area (Å²) in [7, 11) is 1.62. The van der Waals surface area contributed by atoms with E-state index in [0.717, 1.165) is 27.7 Å². The Morgan fingerprint density at radius 2 is 1.90 bits per heavy atom. The van der Waals surface area contributed by atoms with Crippen LogP contribution in [-0.4, -0.2) is 64.6 Å². The third kappa shape index (κ3) is 3.08. The number of ether oxygens (including phenoxy) is 1. The third-order valence-electron chi connectivity index (χ3n) is 6.36. The summed E-state index contributed by atoms with van der Waals surface area (Å²) in [5.74, 6) is 0.521. The van der Waals surface area contributed by atoms with Gasteiger partial charge in [-0.15, -0.1) is 0 Å². The third-order valence-corrected chi connectivity index (χ3v) is 6.36. The molecule has 2 N–H and O–H groups in total. The first-order valence-electron chi connectivity index (χ1n) is 10.6. The molecule has 7 heteroatoms. The summed E-state index contributed by atoms with van der Waals surface area (Å²) in [6.45, 7) is 0.394. The number of fused-ring (bicyclic) bond motifs is 4. The molecule has 2 atom stereocenters. The summed E-state index contributed by atoms with van der Waals surface area (Å²) in [4.78, 5) is 33.6. The van der Waals surface area contributed by atoms with Crippen LogP contribution in [0.15, 0.2) is 48.5 Å². The maximum Gasteiger partial charge on any atom is 0.246 e. The maximum absolute atomic E-state index is 13.4. The standard InChI is InChI=1S/C24H25N3O4/c1-31-20-10-5-3-8-16(20)23-22-17(15-7-2-4-9-18(15)25-22)13-19-24(30)26(11-6-12-28)14-21(29)27(19)23/h2-5,7-10,19,23,25,28H,6,11-14H2,1H3/t19-,23-/m0/s1. The number of hydrogen-bond donors (Lipinski definition) is 2. The zero-order valence-electron chi connectivity index (χ0n) is 17.4. The van der Waals surface area contributed by atoms with Crippen LogP contribution in [-0.2, 0) is 16.0 Å². The molecule has 0 aliphatic carbocycles. The van der Waals surface area contributed by atoms with E-state index in [2.05, 4.69) is 11.1 Å². The number of rotatable bonds is 5. The molecule has 2 amide bonds. The second-order valence-corrected chi connectivity index (χ2v) is 8.07. The quantitative estimate of drug-likeness (QED) is 0.664. The lowest BCUT2D eigenvalue weighted by atomic mass is 9.86. The molecule has 1 aromatic heterocycles. The molecule has 3 aromatic rings. The van der Waals surface area contributed by atoms with Gasteiger partial charge in [0, 0.05) is 41.7 Å². The number of hydrogen-bond acceptors (Lipinski definition) is 4. The normalized spacial score (nSPS) is 20.7. The van der Waals surface area contributed by atoms with Gasteiger partial charge in [-0.1, -0.05) is 36.4 Å². The fourth-order valence-electron chi connectivity index (χ4n) is 4.99. The number of piperazine rings is 1. The van der Waals surface area contributed by atoms with Crippen molar-refractivity contribution in [3.05, 3.63) is 65.4 Å². The number of carbonyl (C=O) groups excluding carboxylic acids is 2. The summed E-state index contributed by atoms with van der Waals surface area (Å²) in [6, 6.07) is 14.7. The van der Waals surface area contributed by atoms with Crippen LogP contribution in [0.4, 0.5) is 0 Å². The Morgan fingerprint density at radius 1 is 1.13 bits per heavy atom. The first kappa shape index (κ1) is 19.6. The molecule has 3 heterocycles. The Hall–Kier alpha value is -3.32. The van der Waals surface area contributed by atoms with Crippen molar-refractivity contribution in [3.63, 3.8) is 0 Å². The lowest BCUT2D eigenvalue weighted by molar-refractivity contribution is -0.158. The summed E-state index contributed by atoms with van der Waals surface area (Å²) in [5, 5.41) is 10.3. The topological polar surface area (TPSA) is 85.9 Å². The Morgan fingerprint density at radius 3 is 2.71 bits per heavy atom. The highest BCUT2D eigenvalue weighted by Crippen LogP contribution is 2.44. The molecule has 160 valence electrons. The van der Waals surface area contributed by atoms with Gasteiger partial charge in [0.2, 0.25) is 11.8 Å². The number of aromatic nitrogens is 1. The Labute approximate surface area is 180 Å². The van der Waals surface area contributed by atoms with Crippen LogP contribution in [0.25, 0.3) is 10.9 Å². The number of benzene rings is 2. The van der Waals surface area contributed by atoms with E-state index >= 15 is 0 Å². The second kappa shape index (κ2) is 7.74. The van der Waals surface area contributed by atoms with Gasteiger partial charge >= 0.3 is 0 Å². The van der Waals surface area contributed by atoms with E-state index in [-0.39, 0.29) is 25.0 Å². The number of aliphatic hydroxyl groups is 1. The van der Waals surface area contributed by atoms with Gasteiger partial charge in [0.1, 0.15) is 17.8 Å². The average Bonchev–Trinajstić information content (AvgIpc) is 3.17. The van der Waals surface area contributed by atoms with Crippen molar-refractivity contribution in [2.75, 3.05) is 26.8 Å². The predicted octanol–water partition coefficient (Wildman–Crippen LogP) is 2.24. The van der Waals surface area contributed by atoms with E-state index in [0.29, 0.717) is 25.1 Å². The van der Waals surface area contributed by atoms with Gasteiger partial charge in [-0.25, -0.2) is 0 Å². The number of aliphatic hydroxyl groups excluding tert-OH is 1. The SMILES string of the molecule is COc1ccccc1[C@H]1c2[nH]c3ccccc3c2C[C@H]2C(=O)N(CCCO)CC(=O)N12. The van der Waals surface area contributed by atoms with Crippen molar-refractivity contribution in [2.45, 2.75) is 24.9 Å². The molecule has 2 aromatic carbocycles. The van der Waals surface area contributed by atoms with E-state index in [1.807, 2.05) is 42.5 Å². The highest BCUT2D eigenvalue weighted by atomic mass is 16.5. The fraction of sp³-hybridized carbons (Fsp3) is 0.333. The molecule has 2 aliphatic rings. The maximum atomic E-state index is 13.4. The van der Waals surface area contributed by atoms with Gasteiger partial charge in [0.25, 0.3) is 0 Å². The molecule has 0 unspecified atom stereocenters. The molecule has 1 saturated heterocycles. The van der Waals surface area contributed by atoms with Crippen LogP contribution in [0.1, 0.15) is 29.3 Å². The smallest absolute Gasteiger partial charge is 0.246 e. The first-order chi connectivity index (χ1) is 15.1. The number of amides is 2. The molecule has 7 nitrogen and oxygen atoms in total. The monoisotopic (exact) mass is 419 g/mol. The first-order valence-corrected chi connectivity index (χ1v) is 10.6.